The van der Waals surface area contributed by atoms with Crippen molar-refractivity contribution in [1.29, 1.82) is 0 Å². The second-order valence-corrected chi connectivity index (χ2v) is 3.25. The molecule has 15 heavy (non-hydrogen) atoms. The largest absolute Gasteiger partial charge is 0.450 e. The molecule has 1 atom stereocenters. The fraction of sp³-hybridized carbons (Fsp3) is 0.250. The third-order valence-electron chi connectivity index (χ3n) is 2.27. The molecule has 80 valence electrons. The van der Waals surface area contributed by atoms with E-state index >= 15 is 0 Å². The fourth-order valence-corrected chi connectivity index (χ4v) is 1.58. The van der Waals surface area contributed by atoms with Gasteiger partial charge in [-0.25, -0.2) is 4.79 Å². The molecule has 3 nitrogen and oxygen atoms in total. The smallest absolute Gasteiger partial charge is 0.339 e. The van der Waals surface area contributed by atoms with Crippen molar-refractivity contribution in [3.8, 4) is 0 Å². The zero-order valence-electron chi connectivity index (χ0n) is 8.57. The van der Waals surface area contributed by atoms with Gasteiger partial charge in [-0.1, -0.05) is 31.2 Å². The van der Waals surface area contributed by atoms with Gasteiger partial charge in [-0.05, 0) is 18.6 Å². The Morgan fingerprint density at radius 3 is 2.87 bits per heavy atom. The summed E-state index contributed by atoms with van der Waals surface area (Å²) in [7, 11) is 0. The lowest BCUT2D eigenvalue weighted by molar-refractivity contribution is 0.0467. The number of ether oxygens (including phenoxy) is 1. The van der Waals surface area contributed by atoms with Gasteiger partial charge < -0.3 is 10.2 Å². The zero-order chi connectivity index (χ0) is 9.97. The molecule has 1 aromatic carbocycles. The van der Waals surface area contributed by atoms with Crippen molar-refractivity contribution in [2.75, 3.05) is 0 Å². The van der Waals surface area contributed by atoms with Gasteiger partial charge in [-0.3, -0.25) is 0 Å². The number of rotatable bonds is 2. The van der Waals surface area contributed by atoms with Crippen LogP contribution in [0.25, 0.3) is 0 Å². The monoisotopic (exact) mass is 206 g/mol. The number of carbonyl (C=O) groups excluding carboxylic acids is 1. The van der Waals surface area contributed by atoms with Crippen LogP contribution in [0.2, 0.25) is 0 Å². The maximum absolute atomic E-state index is 11.4. The van der Waals surface area contributed by atoms with Crippen molar-refractivity contribution >= 4 is 5.97 Å². The summed E-state index contributed by atoms with van der Waals surface area (Å²) < 4.78 is 5.21. The molecular formula is C12H14O3. The highest BCUT2D eigenvalue weighted by Crippen LogP contribution is 2.31. The fourth-order valence-electron chi connectivity index (χ4n) is 1.58. The molecule has 1 aliphatic heterocycles. The minimum absolute atomic E-state index is 0. The second kappa shape index (κ2) is 4.75. The highest BCUT2D eigenvalue weighted by molar-refractivity contribution is 5.94. The van der Waals surface area contributed by atoms with E-state index in [0.717, 1.165) is 12.0 Å². The molecule has 3 heteroatoms. The van der Waals surface area contributed by atoms with E-state index in [9.17, 15) is 4.79 Å². The molecular weight excluding hydrogens is 192 g/mol. The molecule has 0 amide bonds. The van der Waals surface area contributed by atoms with E-state index in [-0.39, 0.29) is 17.5 Å². The lowest BCUT2D eigenvalue weighted by Gasteiger charge is -2.03. The molecule has 2 N–H and O–H groups in total. The molecule has 1 heterocycles. The van der Waals surface area contributed by atoms with Crippen LogP contribution in [0, 0.1) is 0 Å². The third kappa shape index (κ3) is 2.07. The van der Waals surface area contributed by atoms with Gasteiger partial charge in [0.15, 0.2) is 0 Å². The molecule has 1 aromatic rings. The predicted octanol–water partition coefficient (Wildman–Crippen LogP) is 2.04. The minimum atomic E-state index is -0.216. The summed E-state index contributed by atoms with van der Waals surface area (Å²) in [6, 6.07) is 7.52. The van der Waals surface area contributed by atoms with Crippen LogP contribution in [0.3, 0.4) is 0 Å². The summed E-state index contributed by atoms with van der Waals surface area (Å²) in [5.41, 5.74) is 1.67. The van der Waals surface area contributed by atoms with Crippen molar-refractivity contribution in [3.63, 3.8) is 0 Å². The predicted molar refractivity (Wildman–Crippen MR) is 57.6 cm³/mol. The van der Waals surface area contributed by atoms with Crippen LogP contribution in [0.1, 0.15) is 35.4 Å². The molecule has 1 aliphatic rings. The first-order valence-corrected chi connectivity index (χ1v) is 4.79. The van der Waals surface area contributed by atoms with Crippen LogP contribution in [-0.2, 0) is 4.74 Å². The standard InChI is InChI=1S/C12H12O2.H2O/c1-2-3-8-11-9-6-4-5-7-10(9)12(13)14-11;/h3-8,11H,2H2,1H3;1H2. The Bertz CT molecular complexity index is 382. The molecule has 0 radical (unpaired) electrons. The van der Waals surface area contributed by atoms with Gasteiger partial charge in [-0.15, -0.1) is 0 Å². The van der Waals surface area contributed by atoms with Crippen molar-refractivity contribution in [2.24, 2.45) is 0 Å². The Morgan fingerprint density at radius 2 is 2.13 bits per heavy atom. The topological polar surface area (TPSA) is 57.8 Å². The van der Waals surface area contributed by atoms with E-state index in [1.54, 1.807) is 6.07 Å². The summed E-state index contributed by atoms with van der Waals surface area (Å²) in [6.45, 7) is 2.05. The number of cyclic esters (lactones) is 1. The molecule has 0 spiro atoms. The summed E-state index contributed by atoms with van der Waals surface area (Å²) in [6.07, 6.45) is 4.72. The van der Waals surface area contributed by atoms with E-state index in [2.05, 4.69) is 6.92 Å². The van der Waals surface area contributed by atoms with E-state index in [4.69, 9.17) is 4.74 Å². The van der Waals surface area contributed by atoms with Crippen LogP contribution < -0.4 is 0 Å². The first-order chi connectivity index (χ1) is 6.83. The number of carbonyl (C=O) groups is 1. The van der Waals surface area contributed by atoms with Gasteiger partial charge in [0, 0.05) is 5.56 Å². The number of allylic oxidation sites excluding steroid dienone is 1. The number of fused-ring (bicyclic) bond motifs is 1. The third-order valence-corrected chi connectivity index (χ3v) is 2.27. The summed E-state index contributed by atoms with van der Waals surface area (Å²) in [5, 5.41) is 0. The maximum atomic E-state index is 11.4. The van der Waals surface area contributed by atoms with Gasteiger partial charge in [0.1, 0.15) is 6.10 Å². The van der Waals surface area contributed by atoms with E-state index in [1.165, 1.54) is 0 Å². The quantitative estimate of drug-likeness (QED) is 0.549. The van der Waals surface area contributed by atoms with Crippen molar-refractivity contribution in [1.82, 2.24) is 0 Å². The molecule has 1 unspecified atom stereocenters. The van der Waals surface area contributed by atoms with Gasteiger partial charge in [0.25, 0.3) is 0 Å². The Kier molecular flexibility index (Phi) is 3.63. The highest BCUT2D eigenvalue weighted by Gasteiger charge is 2.28. The number of benzene rings is 1. The molecule has 2 rings (SSSR count). The first-order valence-electron chi connectivity index (χ1n) is 4.79. The van der Waals surface area contributed by atoms with E-state index in [1.807, 2.05) is 30.4 Å². The van der Waals surface area contributed by atoms with Crippen LogP contribution >= 0.6 is 0 Å². The zero-order valence-corrected chi connectivity index (χ0v) is 8.57. The van der Waals surface area contributed by atoms with Gasteiger partial charge >= 0.3 is 5.97 Å². The molecule has 0 fully saturated rings. The molecule has 0 saturated carbocycles. The molecule has 0 saturated heterocycles. The molecule has 0 aromatic heterocycles. The van der Waals surface area contributed by atoms with Crippen LogP contribution in [0.4, 0.5) is 0 Å². The SMILES string of the molecule is CCC=CC1OC(=O)c2ccccc21.O. The molecule has 0 bridgehead atoms. The summed E-state index contributed by atoms with van der Waals surface area (Å²) in [5.74, 6) is -0.216. The number of hydrogen-bond donors (Lipinski definition) is 0. The maximum Gasteiger partial charge on any atom is 0.339 e. The Hall–Kier alpha value is -1.61. The lowest BCUT2D eigenvalue weighted by Crippen LogP contribution is -1.95. The average Bonchev–Trinajstić information content (AvgIpc) is 2.54. The summed E-state index contributed by atoms with van der Waals surface area (Å²) >= 11 is 0. The van der Waals surface area contributed by atoms with Crippen molar-refractivity contribution in [2.45, 2.75) is 19.4 Å². The first kappa shape index (κ1) is 11.5. The number of hydrogen-bond acceptors (Lipinski definition) is 2. The van der Waals surface area contributed by atoms with Gasteiger partial charge in [-0.2, -0.15) is 0 Å². The van der Waals surface area contributed by atoms with Gasteiger partial charge in [0.2, 0.25) is 0 Å². The number of esters is 1. The van der Waals surface area contributed by atoms with Crippen LogP contribution in [0.5, 0.6) is 0 Å². The Morgan fingerprint density at radius 1 is 1.40 bits per heavy atom. The van der Waals surface area contributed by atoms with Crippen molar-refractivity contribution < 1.29 is 15.0 Å². The highest BCUT2D eigenvalue weighted by atomic mass is 16.5. The Labute approximate surface area is 88.7 Å². The summed E-state index contributed by atoms with van der Waals surface area (Å²) in [4.78, 5) is 11.4. The normalized spacial score (nSPS) is 18.5. The average molecular weight is 206 g/mol. The lowest BCUT2D eigenvalue weighted by atomic mass is 10.1. The minimum Gasteiger partial charge on any atom is -0.450 e. The van der Waals surface area contributed by atoms with Crippen LogP contribution in [-0.4, -0.2) is 11.4 Å². The molecule has 0 aliphatic carbocycles. The van der Waals surface area contributed by atoms with E-state index < -0.39 is 0 Å². The van der Waals surface area contributed by atoms with Gasteiger partial charge in [0.05, 0.1) is 5.56 Å². The van der Waals surface area contributed by atoms with Crippen LogP contribution in [0.15, 0.2) is 36.4 Å². The second-order valence-electron chi connectivity index (χ2n) is 3.25. The van der Waals surface area contributed by atoms with E-state index in [0.29, 0.717) is 5.56 Å². The Balaban J connectivity index is 0.00000112. The van der Waals surface area contributed by atoms with Crippen molar-refractivity contribution in [3.05, 3.63) is 47.5 Å².